The summed E-state index contributed by atoms with van der Waals surface area (Å²) in [6, 6.07) is 10.1. The maximum absolute atomic E-state index is 13.0. The van der Waals surface area contributed by atoms with Crippen LogP contribution in [-0.4, -0.2) is 73.9 Å². The Balaban J connectivity index is 0.000000804. The molecule has 4 rings (SSSR count). The average molecular weight is 696 g/mol. The number of imidazole rings is 1. The zero-order valence-corrected chi connectivity index (χ0v) is 26.9. The summed E-state index contributed by atoms with van der Waals surface area (Å²) in [5, 5.41) is 14.5. The second kappa shape index (κ2) is 17.3. The summed E-state index contributed by atoms with van der Waals surface area (Å²) >= 11 is 1.55. The fraction of sp³-hybridized carbons (Fsp3) is 0.400. The van der Waals surface area contributed by atoms with E-state index in [1.165, 1.54) is 9.13 Å². The molecule has 48 heavy (non-hydrogen) atoms. The number of hydrogen-bond donors (Lipinski definition) is 5. The summed E-state index contributed by atoms with van der Waals surface area (Å²) in [7, 11) is 0. The zero-order chi connectivity index (χ0) is 35.4. The van der Waals surface area contributed by atoms with E-state index in [2.05, 4.69) is 20.6 Å². The number of carboxylic acids is 1. The van der Waals surface area contributed by atoms with E-state index in [0.717, 1.165) is 11.3 Å². The summed E-state index contributed by atoms with van der Waals surface area (Å²) in [5.74, 6) is -2.43. The lowest BCUT2D eigenvalue weighted by atomic mass is 10.2. The second-order valence-electron chi connectivity index (χ2n) is 10.3. The van der Waals surface area contributed by atoms with Gasteiger partial charge in [-0.3, -0.25) is 23.5 Å². The first-order valence-corrected chi connectivity index (χ1v) is 15.7. The molecule has 0 aliphatic heterocycles. The zero-order valence-electron chi connectivity index (χ0n) is 26.1. The number of aliphatic carboxylic acids is 1. The van der Waals surface area contributed by atoms with E-state index >= 15 is 0 Å². The average Bonchev–Trinajstić information content (AvgIpc) is 3.73. The molecule has 0 saturated carbocycles. The van der Waals surface area contributed by atoms with Crippen LogP contribution in [-0.2, 0) is 33.9 Å². The molecule has 3 heterocycles. The first kappa shape index (κ1) is 37.5. The molecular weight excluding hydrogens is 659 g/mol. The maximum Gasteiger partial charge on any atom is 0.490 e. The van der Waals surface area contributed by atoms with E-state index in [1.807, 2.05) is 31.4 Å². The van der Waals surface area contributed by atoms with Crippen molar-refractivity contribution in [2.75, 3.05) is 19.7 Å². The van der Waals surface area contributed by atoms with Crippen molar-refractivity contribution in [2.24, 2.45) is 5.73 Å². The molecular formula is C30H36F3N7O7S. The molecule has 3 aromatic heterocycles. The van der Waals surface area contributed by atoms with Crippen molar-refractivity contribution in [2.45, 2.75) is 58.4 Å². The summed E-state index contributed by atoms with van der Waals surface area (Å²) in [6.45, 7) is 4.96. The van der Waals surface area contributed by atoms with Gasteiger partial charge in [0.15, 0.2) is 12.3 Å². The van der Waals surface area contributed by atoms with Gasteiger partial charge in [-0.05, 0) is 48.6 Å². The third-order valence-corrected chi connectivity index (χ3v) is 7.48. The SMILES string of the molecule is CCCn1c(=O)c2[nH]c(-c3ccc(OCC(=O)NCCNC(=O)C(N)Cc4cccs4)cc3)nc2n(CCC)c1=O.O=C(O)C(F)(F)F. The predicted molar refractivity (Wildman–Crippen MR) is 172 cm³/mol. The van der Waals surface area contributed by atoms with Crippen LogP contribution in [0, 0.1) is 0 Å². The number of aromatic nitrogens is 4. The highest BCUT2D eigenvalue weighted by atomic mass is 32.1. The van der Waals surface area contributed by atoms with Crippen LogP contribution < -0.4 is 32.4 Å². The Morgan fingerprint density at radius 1 is 1.04 bits per heavy atom. The van der Waals surface area contributed by atoms with E-state index < -0.39 is 18.2 Å². The fourth-order valence-electron chi connectivity index (χ4n) is 4.32. The number of thiophene rings is 1. The van der Waals surface area contributed by atoms with Gasteiger partial charge in [-0.25, -0.2) is 14.6 Å². The Morgan fingerprint density at radius 2 is 1.67 bits per heavy atom. The van der Waals surface area contributed by atoms with Crippen LogP contribution in [0.3, 0.4) is 0 Å². The van der Waals surface area contributed by atoms with Crippen LogP contribution in [0.1, 0.15) is 31.6 Å². The Kier molecular flexibility index (Phi) is 13.5. The number of carboxylic acid groups (broad SMARTS) is 1. The van der Waals surface area contributed by atoms with Crippen molar-refractivity contribution in [3.05, 3.63) is 67.5 Å². The monoisotopic (exact) mass is 695 g/mol. The number of rotatable bonds is 14. The minimum Gasteiger partial charge on any atom is -0.484 e. The number of nitrogens with one attached hydrogen (secondary N) is 3. The number of H-pyrrole nitrogens is 1. The number of nitrogens with zero attached hydrogens (tertiary/aromatic N) is 3. The highest BCUT2D eigenvalue weighted by Gasteiger charge is 2.38. The quantitative estimate of drug-likeness (QED) is 0.123. The van der Waals surface area contributed by atoms with Crippen molar-refractivity contribution in [3.63, 3.8) is 0 Å². The molecule has 6 N–H and O–H groups in total. The predicted octanol–water partition coefficient (Wildman–Crippen LogP) is 2.25. The molecule has 0 spiro atoms. The van der Waals surface area contributed by atoms with Gasteiger partial charge in [-0.15, -0.1) is 11.3 Å². The number of carbonyl (C=O) groups excluding carboxylic acids is 2. The third-order valence-electron chi connectivity index (χ3n) is 6.58. The van der Waals surface area contributed by atoms with E-state index in [9.17, 15) is 32.3 Å². The van der Waals surface area contributed by atoms with Crippen LogP contribution in [0.2, 0.25) is 0 Å². The molecule has 0 aliphatic carbocycles. The number of aromatic amines is 1. The van der Waals surface area contributed by atoms with Crippen molar-refractivity contribution < 1.29 is 37.4 Å². The number of hydrogen-bond acceptors (Lipinski definition) is 9. The minimum atomic E-state index is -5.08. The number of aryl methyl sites for hydroxylation is 1. The van der Waals surface area contributed by atoms with Gasteiger partial charge in [-0.1, -0.05) is 19.9 Å². The van der Waals surface area contributed by atoms with E-state index in [4.69, 9.17) is 20.4 Å². The second-order valence-corrected chi connectivity index (χ2v) is 11.4. The van der Waals surface area contributed by atoms with Gasteiger partial charge in [0.05, 0.1) is 6.04 Å². The molecule has 0 fully saturated rings. The van der Waals surface area contributed by atoms with Crippen molar-refractivity contribution in [1.29, 1.82) is 0 Å². The number of halogens is 3. The van der Waals surface area contributed by atoms with Crippen LogP contribution in [0.4, 0.5) is 13.2 Å². The lowest BCUT2D eigenvalue weighted by molar-refractivity contribution is -0.192. The lowest BCUT2D eigenvalue weighted by Crippen LogP contribution is -2.44. The minimum absolute atomic E-state index is 0.198. The molecule has 18 heteroatoms. The van der Waals surface area contributed by atoms with Gasteiger partial charge in [0.1, 0.15) is 17.1 Å². The molecule has 0 bridgehead atoms. The number of fused-ring (bicyclic) bond motifs is 1. The number of nitrogens with two attached hydrogens (primary N) is 1. The Labute approximate surface area is 275 Å². The van der Waals surface area contributed by atoms with Crippen molar-refractivity contribution in [1.82, 2.24) is 29.7 Å². The van der Waals surface area contributed by atoms with Gasteiger partial charge in [0.25, 0.3) is 11.5 Å². The molecule has 14 nitrogen and oxygen atoms in total. The first-order valence-electron chi connectivity index (χ1n) is 14.9. The van der Waals surface area contributed by atoms with E-state index in [1.54, 1.807) is 35.6 Å². The topological polar surface area (TPSA) is 203 Å². The van der Waals surface area contributed by atoms with Crippen LogP contribution in [0.25, 0.3) is 22.6 Å². The van der Waals surface area contributed by atoms with Gasteiger partial charge in [0.2, 0.25) is 5.91 Å². The number of amides is 2. The van der Waals surface area contributed by atoms with Crippen molar-refractivity contribution >= 4 is 40.3 Å². The summed E-state index contributed by atoms with van der Waals surface area (Å²) in [5.41, 5.74) is 6.51. The van der Waals surface area contributed by atoms with Gasteiger partial charge >= 0.3 is 17.8 Å². The standard InChI is InChI=1S/C28H35N7O5S.C2HF3O2/c1-3-13-34-25-23(27(38)35(14-4-2)28(34)39)32-24(33-25)18-7-9-19(10-8-18)40-17-22(36)30-11-12-31-26(37)21(29)16-20-6-5-15-41-20;3-2(4,5)1(6)7/h5-10,15,21H,3-4,11-14,16-17,29H2,1-2H3,(H,30,36)(H,31,37)(H,32,33);(H,6,7). The molecule has 0 radical (unpaired) electrons. The number of benzene rings is 1. The first-order chi connectivity index (χ1) is 22.8. The van der Waals surface area contributed by atoms with Crippen LogP contribution in [0.5, 0.6) is 5.75 Å². The molecule has 260 valence electrons. The fourth-order valence-corrected chi connectivity index (χ4v) is 5.08. The Hall–Kier alpha value is -4.97. The third kappa shape index (κ3) is 10.3. The smallest absolute Gasteiger partial charge is 0.484 e. The molecule has 1 aromatic carbocycles. The summed E-state index contributed by atoms with van der Waals surface area (Å²) in [6.07, 6.45) is -3.23. The number of ether oxygens (including phenoxy) is 1. The number of carbonyl (C=O) groups is 3. The molecule has 0 saturated heterocycles. The number of alkyl halides is 3. The van der Waals surface area contributed by atoms with Crippen molar-refractivity contribution in [3.8, 4) is 17.1 Å². The highest BCUT2D eigenvalue weighted by Crippen LogP contribution is 2.22. The highest BCUT2D eigenvalue weighted by molar-refractivity contribution is 7.09. The molecule has 0 aliphatic rings. The largest absolute Gasteiger partial charge is 0.490 e. The van der Waals surface area contributed by atoms with E-state index in [0.29, 0.717) is 54.2 Å². The lowest BCUT2D eigenvalue weighted by Gasteiger charge is -2.12. The molecule has 1 atom stereocenters. The van der Waals surface area contributed by atoms with E-state index in [-0.39, 0.29) is 42.8 Å². The Bertz CT molecular complexity index is 1800. The maximum atomic E-state index is 13.0. The van der Waals surface area contributed by atoms with Gasteiger partial charge < -0.3 is 31.2 Å². The summed E-state index contributed by atoms with van der Waals surface area (Å²) in [4.78, 5) is 67.7. The van der Waals surface area contributed by atoms with Crippen LogP contribution >= 0.6 is 11.3 Å². The van der Waals surface area contributed by atoms with Gasteiger partial charge in [0, 0.05) is 43.0 Å². The summed E-state index contributed by atoms with van der Waals surface area (Å²) < 4.78 is 40.1. The van der Waals surface area contributed by atoms with Gasteiger partial charge in [-0.2, -0.15) is 13.2 Å². The normalized spacial score (nSPS) is 11.8. The molecule has 4 aromatic rings. The van der Waals surface area contributed by atoms with Crippen LogP contribution in [0.15, 0.2) is 51.4 Å². The Morgan fingerprint density at radius 3 is 2.25 bits per heavy atom. The molecule has 1 unspecified atom stereocenters. The molecule has 2 amide bonds.